The van der Waals surface area contributed by atoms with Gasteiger partial charge in [-0.3, -0.25) is 4.79 Å². The van der Waals surface area contributed by atoms with Crippen LogP contribution < -0.4 is 4.74 Å². The lowest BCUT2D eigenvalue weighted by Gasteiger charge is -2.31. The van der Waals surface area contributed by atoms with Crippen molar-refractivity contribution in [2.45, 2.75) is 19.8 Å². The van der Waals surface area contributed by atoms with E-state index in [2.05, 4.69) is 6.92 Å². The van der Waals surface area contributed by atoms with Gasteiger partial charge in [0, 0.05) is 18.7 Å². The smallest absolute Gasteiger partial charge is 0.254 e. The molecule has 1 aromatic rings. The van der Waals surface area contributed by atoms with E-state index in [9.17, 15) is 9.90 Å². The third kappa shape index (κ3) is 2.58. The first-order valence-electron chi connectivity index (χ1n) is 6.28. The molecule has 98 valence electrons. The third-order valence-corrected chi connectivity index (χ3v) is 3.37. The topological polar surface area (TPSA) is 49.8 Å². The normalized spacial score (nSPS) is 19.7. The summed E-state index contributed by atoms with van der Waals surface area (Å²) in [5.74, 6) is 0.931. The SMILES string of the molecule is COc1ccc(C(=O)N2CCCC(C)C2)cc1O. The summed E-state index contributed by atoms with van der Waals surface area (Å²) in [7, 11) is 1.49. The first-order chi connectivity index (χ1) is 8.61. The van der Waals surface area contributed by atoms with Gasteiger partial charge in [-0.25, -0.2) is 0 Å². The maximum Gasteiger partial charge on any atom is 0.254 e. The van der Waals surface area contributed by atoms with Crippen LogP contribution in [0.5, 0.6) is 11.5 Å². The van der Waals surface area contributed by atoms with E-state index in [1.54, 1.807) is 12.1 Å². The Morgan fingerprint density at radius 3 is 2.89 bits per heavy atom. The number of piperidine rings is 1. The second-order valence-electron chi connectivity index (χ2n) is 4.89. The van der Waals surface area contributed by atoms with E-state index in [1.165, 1.54) is 19.6 Å². The number of likely N-dealkylation sites (tertiary alicyclic amines) is 1. The monoisotopic (exact) mass is 249 g/mol. The summed E-state index contributed by atoms with van der Waals surface area (Å²) in [5.41, 5.74) is 0.516. The van der Waals surface area contributed by atoms with E-state index >= 15 is 0 Å². The molecule has 0 saturated carbocycles. The average Bonchev–Trinajstić information content (AvgIpc) is 2.37. The number of phenols is 1. The molecule has 0 radical (unpaired) electrons. The molecule has 1 aliphatic rings. The quantitative estimate of drug-likeness (QED) is 0.874. The average molecular weight is 249 g/mol. The van der Waals surface area contributed by atoms with Crippen molar-refractivity contribution in [1.82, 2.24) is 4.90 Å². The molecule has 1 N–H and O–H groups in total. The minimum atomic E-state index is -0.0143. The van der Waals surface area contributed by atoms with Gasteiger partial charge in [0.15, 0.2) is 11.5 Å². The van der Waals surface area contributed by atoms with Crippen LogP contribution in [0.3, 0.4) is 0 Å². The molecule has 1 amide bonds. The van der Waals surface area contributed by atoms with E-state index in [0.29, 0.717) is 17.2 Å². The lowest BCUT2D eigenvalue weighted by molar-refractivity contribution is 0.0682. The fourth-order valence-electron chi connectivity index (χ4n) is 2.38. The van der Waals surface area contributed by atoms with E-state index in [1.807, 2.05) is 4.90 Å². The molecule has 0 bridgehead atoms. The van der Waals surface area contributed by atoms with Gasteiger partial charge < -0.3 is 14.7 Å². The predicted molar refractivity (Wildman–Crippen MR) is 69.0 cm³/mol. The van der Waals surface area contributed by atoms with Crippen molar-refractivity contribution >= 4 is 5.91 Å². The van der Waals surface area contributed by atoms with Crippen LogP contribution in [0.2, 0.25) is 0 Å². The Labute approximate surface area is 107 Å². The van der Waals surface area contributed by atoms with Gasteiger partial charge >= 0.3 is 0 Å². The molecule has 0 aliphatic carbocycles. The van der Waals surface area contributed by atoms with Crippen molar-refractivity contribution in [3.05, 3.63) is 23.8 Å². The van der Waals surface area contributed by atoms with Crippen LogP contribution in [0.4, 0.5) is 0 Å². The second-order valence-corrected chi connectivity index (χ2v) is 4.89. The van der Waals surface area contributed by atoms with Crippen LogP contribution in [0.1, 0.15) is 30.1 Å². The highest BCUT2D eigenvalue weighted by Crippen LogP contribution is 2.27. The highest BCUT2D eigenvalue weighted by Gasteiger charge is 2.22. The molecular formula is C14H19NO3. The third-order valence-electron chi connectivity index (χ3n) is 3.37. The highest BCUT2D eigenvalue weighted by atomic mass is 16.5. The lowest BCUT2D eigenvalue weighted by atomic mass is 9.99. The number of hydrogen-bond donors (Lipinski definition) is 1. The van der Waals surface area contributed by atoms with E-state index in [-0.39, 0.29) is 11.7 Å². The molecule has 1 saturated heterocycles. The number of carbonyl (C=O) groups is 1. The number of ether oxygens (including phenoxy) is 1. The van der Waals surface area contributed by atoms with Crippen molar-refractivity contribution in [3.63, 3.8) is 0 Å². The summed E-state index contributed by atoms with van der Waals surface area (Å²) in [4.78, 5) is 14.1. The molecule has 4 heteroatoms. The molecule has 1 aliphatic heterocycles. The maximum absolute atomic E-state index is 12.3. The van der Waals surface area contributed by atoms with Crippen LogP contribution in [0.15, 0.2) is 18.2 Å². The summed E-state index contributed by atoms with van der Waals surface area (Å²) in [6, 6.07) is 4.79. The number of methoxy groups -OCH3 is 1. The van der Waals surface area contributed by atoms with Crippen molar-refractivity contribution < 1.29 is 14.6 Å². The number of phenolic OH excluding ortho intramolecular Hbond substituents is 1. The molecule has 1 fully saturated rings. The van der Waals surface area contributed by atoms with Gasteiger partial charge in [0.25, 0.3) is 5.91 Å². The zero-order valence-corrected chi connectivity index (χ0v) is 10.8. The number of amides is 1. The van der Waals surface area contributed by atoms with Crippen molar-refractivity contribution in [1.29, 1.82) is 0 Å². The number of hydrogen-bond acceptors (Lipinski definition) is 3. The highest BCUT2D eigenvalue weighted by molar-refractivity contribution is 5.95. The Morgan fingerprint density at radius 2 is 2.28 bits per heavy atom. The van der Waals surface area contributed by atoms with Gasteiger partial charge in [0.2, 0.25) is 0 Å². The summed E-state index contributed by atoms with van der Waals surface area (Å²) >= 11 is 0. The van der Waals surface area contributed by atoms with Crippen molar-refractivity contribution in [2.24, 2.45) is 5.92 Å². The zero-order valence-electron chi connectivity index (χ0n) is 10.8. The molecule has 4 nitrogen and oxygen atoms in total. The number of benzene rings is 1. The van der Waals surface area contributed by atoms with E-state index in [0.717, 1.165) is 19.5 Å². The van der Waals surface area contributed by atoms with Crippen molar-refractivity contribution in [2.75, 3.05) is 20.2 Å². The van der Waals surface area contributed by atoms with Crippen LogP contribution in [0, 0.1) is 5.92 Å². The Balaban J connectivity index is 2.15. The van der Waals surface area contributed by atoms with Gasteiger partial charge in [0.05, 0.1) is 7.11 Å². The molecular weight excluding hydrogens is 230 g/mol. The standard InChI is InChI=1S/C14H19NO3/c1-10-4-3-7-15(9-10)14(17)11-5-6-13(18-2)12(16)8-11/h5-6,8,10,16H,3-4,7,9H2,1-2H3. The molecule has 0 spiro atoms. The van der Waals surface area contributed by atoms with Gasteiger partial charge in [-0.05, 0) is 37.0 Å². The largest absolute Gasteiger partial charge is 0.504 e. The number of carbonyl (C=O) groups excluding carboxylic acids is 1. The maximum atomic E-state index is 12.3. The van der Waals surface area contributed by atoms with Crippen LogP contribution in [0.25, 0.3) is 0 Å². The lowest BCUT2D eigenvalue weighted by Crippen LogP contribution is -2.39. The Kier molecular flexibility index (Phi) is 3.75. The fourth-order valence-corrected chi connectivity index (χ4v) is 2.38. The van der Waals surface area contributed by atoms with Crippen LogP contribution >= 0.6 is 0 Å². The number of rotatable bonds is 2. The van der Waals surface area contributed by atoms with E-state index < -0.39 is 0 Å². The first kappa shape index (κ1) is 12.7. The number of aromatic hydroxyl groups is 1. The molecule has 1 heterocycles. The predicted octanol–water partition coefficient (Wildman–Crippen LogP) is 2.27. The Bertz CT molecular complexity index is 445. The first-order valence-corrected chi connectivity index (χ1v) is 6.28. The minimum Gasteiger partial charge on any atom is -0.504 e. The molecule has 1 aromatic carbocycles. The van der Waals surface area contributed by atoms with E-state index in [4.69, 9.17) is 4.74 Å². The van der Waals surface area contributed by atoms with Crippen LogP contribution in [-0.4, -0.2) is 36.1 Å². The molecule has 2 rings (SSSR count). The molecule has 18 heavy (non-hydrogen) atoms. The summed E-state index contributed by atoms with van der Waals surface area (Å²) < 4.78 is 4.97. The van der Waals surface area contributed by atoms with Crippen LogP contribution in [-0.2, 0) is 0 Å². The fraction of sp³-hybridized carbons (Fsp3) is 0.500. The summed E-state index contributed by atoms with van der Waals surface area (Å²) in [5, 5.41) is 9.69. The summed E-state index contributed by atoms with van der Waals surface area (Å²) in [6.07, 6.45) is 2.23. The Morgan fingerprint density at radius 1 is 1.50 bits per heavy atom. The van der Waals surface area contributed by atoms with Gasteiger partial charge in [-0.1, -0.05) is 6.92 Å². The van der Waals surface area contributed by atoms with Gasteiger partial charge in [-0.15, -0.1) is 0 Å². The molecule has 1 unspecified atom stereocenters. The summed E-state index contributed by atoms with van der Waals surface area (Å²) in [6.45, 7) is 3.76. The molecule has 0 aromatic heterocycles. The zero-order chi connectivity index (χ0) is 13.1. The minimum absolute atomic E-state index is 0.00779. The van der Waals surface area contributed by atoms with Crippen molar-refractivity contribution in [3.8, 4) is 11.5 Å². The van der Waals surface area contributed by atoms with Gasteiger partial charge in [0.1, 0.15) is 0 Å². The second kappa shape index (κ2) is 5.29. The van der Waals surface area contributed by atoms with Gasteiger partial charge in [-0.2, -0.15) is 0 Å². The Hall–Kier alpha value is -1.71. The molecule has 1 atom stereocenters. The number of nitrogens with zero attached hydrogens (tertiary/aromatic N) is 1.